The van der Waals surface area contributed by atoms with Crippen LogP contribution < -0.4 is 0 Å². The van der Waals surface area contributed by atoms with Crippen LogP contribution in [0.5, 0.6) is 0 Å². The maximum atomic E-state index is 6.23. The van der Waals surface area contributed by atoms with E-state index in [2.05, 4.69) is 74.4 Å². The molecule has 3 aromatic rings. The van der Waals surface area contributed by atoms with Crippen LogP contribution >= 0.6 is 0 Å². The molecule has 2 heterocycles. The number of ether oxygens (including phenoxy) is 1. The van der Waals surface area contributed by atoms with E-state index in [0.717, 1.165) is 43.6 Å². The molecule has 0 saturated carbocycles. The van der Waals surface area contributed by atoms with E-state index in [1.54, 1.807) is 0 Å². The number of furan rings is 1. The van der Waals surface area contributed by atoms with E-state index < -0.39 is 0 Å². The average Bonchev–Trinajstić information content (AvgIpc) is 3.09. The lowest BCUT2D eigenvalue weighted by Gasteiger charge is -2.41. The maximum absolute atomic E-state index is 6.23. The minimum atomic E-state index is 0.00818. The largest absolute Gasteiger partial charge is 0.458 e. The number of hydrogen-bond donors (Lipinski definition) is 0. The fourth-order valence-corrected chi connectivity index (χ4v) is 4.67. The lowest BCUT2D eigenvalue weighted by atomic mass is 9.80. The SMILES string of the molecule is CCC(CCC1OCCc2c1oc1ccccc21)(c1ccccc1)N(C)C. The molecule has 0 radical (unpaired) electrons. The van der Waals surface area contributed by atoms with Crippen LogP contribution in [0.1, 0.15) is 49.2 Å². The number of nitrogens with zero attached hydrogens (tertiary/aromatic N) is 1. The van der Waals surface area contributed by atoms with Gasteiger partial charge in [0.25, 0.3) is 0 Å². The Hall–Kier alpha value is -2.10. The van der Waals surface area contributed by atoms with Gasteiger partial charge in [-0.1, -0.05) is 55.5 Å². The van der Waals surface area contributed by atoms with Gasteiger partial charge in [0.2, 0.25) is 0 Å². The van der Waals surface area contributed by atoms with Gasteiger partial charge in [0, 0.05) is 16.5 Å². The van der Waals surface area contributed by atoms with Crippen LogP contribution in [0.2, 0.25) is 0 Å². The zero-order chi connectivity index (χ0) is 18.9. The summed E-state index contributed by atoms with van der Waals surface area (Å²) in [5, 5.41) is 1.25. The van der Waals surface area contributed by atoms with E-state index >= 15 is 0 Å². The first-order valence-electron chi connectivity index (χ1n) is 10.0. The van der Waals surface area contributed by atoms with Crippen LogP contribution in [0.3, 0.4) is 0 Å². The Kier molecular flexibility index (Phi) is 5.07. The summed E-state index contributed by atoms with van der Waals surface area (Å²) in [5.41, 5.74) is 3.70. The minimum Gasteiger partial charge on any atom is -0.458 e. The molecule has 3 nitrogen and oxygen atoms in total. The molecule has 2 aromatic carbocycles. The third-order valence-electron chi connectivity index (χ3n) is 6.27. The Balaban J connectivity index is 1.63. The molecular formula is C24H29NO2. The number of hydrogen-bond acceptors (Lipinski definition) is 3. The molecule has 2 unspecified atom stereocenters. The molecule has 0 fully saturated rings. The number of fused-ring (bicyclic) bond motifs is 3. The highest BCUT2D eigenvalue weighted by Gasteiger charge is 2.35. The summed E-state index contributed by atoms with van der Waals surface area (Å²) < 4.78 is 12.4. The lowest BCUT2D eigenvalue weighted by molar-refractivity contribution is 0.00598. The van der Waals surface area contributed by atoms with Crippen molar-refractivity contribution < 1.29 is 9.15 Å². The van der Waals surface area contributed by atoms with Crippen molar-refractivity contribution in [3.63, 3.8) is 0 Å². The minimum absolute atomic E-state index is 0.00818. The second kappa shape index (κ2) is 7.49. The van der Waals surface area contributed by atoms with Crippen molar-refractivity contribution in [3.8, 4) is 0 Å². The molecule has 4 rings (SSSR count). The van der Waals surface area contributed by atoms with Gasteiger partial charge in [-0.2, -0.15) is 0 Å². The van der Waals surface area contributed by atoms with Gasteiger partial charge in [-0.3, -0.25) is 4.90 Å². The summed E-state index contributed by atoms with van der Waals surface area (Å²) in [6.07, 6.45) is 4.02. The summed E-state index contributed by atoms with van der Waals surface area (Å²) in [6.45, 7) is 3.05. The van der Waals surface area contributed by atoms with Crippen molar-refractivity contribution in [2.75, 3.05) is 20.7 Å². The molecule has 1 aromatic heterocycles. The topological polar surface area (TPSA) is 25.6 Å². The van der Waals surface area contributed by atoms with Crippen LogP contribution in [0.25, 0.3) is 11.0 Å². The number of para-hydroxylation sites is 1. The van der Waals surface area contributed by atoms with Crippen molar-refractivity contribution in [1.29, 1.82) is 0 Å². The van der Waals surface area contributed by atoms with E-state index in [0.29, 0.717) is 0 Å². The van der Waals surface area contributed by atoms with Crippen molar-refractivity contribution in [2.45, 2.75) is 44.2 Å². The molecule has 0 N–H and O–H groups in total. The third-order valence-corrected chi connectivity index (χ3v) is 6.27. The summed E-state index contributed by atoms with van der Waals surface area (Å²) >= 11 is 0. The fourth-order valence-electron chi connectivity index (χ4n) is 4.67. The second-order valence-corrected chi connectivity index (χ2v) is 7.73. The van der Waals surface area contributed by atoms with Gasteiger partial charge in [0.05, 0.1) is 6.61 Å². The monoisotopic (exact) mass is 363 g/mol. The molecule has 0 amide bonds. The van der Waals surface area contributed by atoms with E-state index in [4.69, 9.17) is 9.15 Å². The fraction of sp³-hybridized carbons (Fsp3) is 0.417. The first-order chi connectivity index (χ1) is 13.2. The standard InChI is InChI=1S/C24H29NO2/c1-4-24(25(2)3,18-10-6-5-7-11-18)16-14-22-23-20(15-17-26-22)19-12-8-9-13-21(19)27-23/h5-13,22H,4,14-17H2,1-3H3. The van der Waals surface area contributed by atoms with Crippen LogP contribution in [-0.4, -0.2) is 25.6 Å². The molecule has 1 aliphatic rings. The molecule has 1 aliphatic heterocycles. The molecule has 142 valence electrons. The molecule has 0 bridgehead atoms. The summed E-state index contributed by atoms with van der Waals surface area (Å²) in [6, 6.07) is 19.2. The van der Waals surface area contributed by atoms with Gasteiger partial charge in [0.1, 0.15) is 17.4 Å². The summed E-state index contributed by atoms with van der Waals surface area (Å²) in [4.78, 5) is 2.37. The second-order valence-electron chi connectivity index (χ2n) is 7.73. The maximum Gasteiger partial charge on any atom is 0.137 e. The highest BCUT2D eigenvalue weighted by atomic mass is 16.5. The highest BCUT2D eigenvalue weighted by Crippen LogP contribution is 2.42. The van der Waals surface area contributed by atoms with Crippen LogP contribution in [0.15, 0.2) is 59.0 Å². The predicted molar refractivity (Wildman–Crippen MR) is 110 cm³/mol. The first kappa shape index (κ1) is 18.3. The molecule has 3 heteroatoms. The quantitative estimate of drug-likeness (QED) is 0.562. The Bertz CT molecular complexity index is 899. The van der Waals surface area contributed by atoms with Gasteiger partial charge < -0.3 is 9.15 Å². The molecule has 27 heavy (non-hydrogen) atoms. The van der Waals surface area contributed by atoms with Gasteiger partial charge in [-0.05, 0) is 51.4 Å². The normalized spacial score (nSPS) is 19.2. The summed E-state index contributed by atoms with van der Waals surface area (Å²) in [7, 11) is 4.37. The lowest BCUT2D eigenvalue weighted by Crippen LogP contribution is -2.41. The highest BCUT2D eigenvalue weighted by molar-refractivity contribution is 5.82. The molecule has 0 saturated heterocycles. The molecule has 0 spiro atoms. The van der Waals surface area contributed by atoms with Crippen LogP contribution in [-0.2, 0) is 16.7 Å². The molecule has 0 aliphatic carbocycles. The van der Waals surface area contributed by atoms with Crippen molar-refractivity contribution in [2.24, 2.45) is 0 Å². The van der Waals surface area contributed by atoms with E-state index in [1.165, 1.54) is 16.5 Å². The zero-order valence-electron chi connectivity index (χ0n) is 16.6. The average molecular weight is 364 g/mol. The molecular weight excluding hydrogens is 334 g/mol. The Labute approximate surface area is 161 Å². The molecule has 2 atom stereocenters. The number of benzene rings is 2. The van der Waals surface area contributed by atoms with Gasteiger partial charge in [-0.15, -0.1) is 0 Å². The van der Waals surface area contributed by atoms with Crippen LogP contribution in [0.4, 0.5) is 0 Å². The van der Waals surface area contributed by atoms with Crippen LogP contribution in [0, 0.1) is 0 Å². The third kappa shape index (κ3) is 3.19. The van der Waals surface area contributed by atoms with Gasteiger partial charge in [0.15, 0.2) is 0 Å². The van der Waals surface area contributed by atoms with Crippen molar-refractivity contribution in [1.82, 2.24) is 4.90 Å². The first-order valence-corrected chi connectivity index (χ1v) is 10.0. The van der Waals surface area contributed by atoms with E-state index in [1.807, 2.05) is 6.07 Å². The zero-order valence-corrected chi connectivity index (χ0v) is 16.6. The summed E-state index contributed by atoms with van der Waals surface area (Å²) in [5.74, 6) is 1.04. The van der Waals surface area contributed by atoms with Gasteiger partial charge >= 0.3 is 0 Å². The Morgan fingerprint density at radius 1 is 1.04 bits per heavy atom. The van der Waals surface area contributed by atoms with Crippen molar-refractivity contribution >= 4 is 11.0 Å². The van der Waals surface area contributed by atoms with E-state index in [-0.39, 0.29) is 11.6 Å². The van der Waals surface area contributed by atoms with Crippen molar-refractivity contribution in [3.05, 3.63) is 71.5 Å². The van der Waals surface area contributed by atoms with E-state index in [9.17, 15) is 0 Å². The Morgan fingerprint density at radius 2 is 1.78 bits per heavy atom. The Morgan fingerprint density at radius 3 is 2.52 bits per heavy atom. The van der Waals surface area contributed by atoms with Gasteiger partial charge in [-0.25, -0.2) is 0 Å². The smallest absolute Gasteiger partial charge is 0.137 e. The predicted octanol–water partition coefficient (Wildman–Crippen LogP) is 5.69. The number of rotatable bonds is 6.